The fraction of sp³-hybridized carbons (Fsp3) is 0.800. The van der Waals surface area contributed by atoms with Crippen LogP contribution in [-0.4, -0.2) is 33.6 Å². The van der Waals surface area contributed by atoms with Gasteiger partial charge in [-0.25, -0.2) is 4.98 Å². The molecule has 19 heavy (non-hydrogen) atoms. The molecule has 1 aromatic heterocycles. The first-order chi connectivity index (χ1) is 9.27. The first-order valence-electron chi connectivity index (χ1n) is 7.77. The van der Waals surface area contributed by atoms with Gasteiger partial charge in [-0.3, -0.25) is 4.90 Å². The first-order valence-corrected chi connectivity index (χ1v) is 7.77. The summed E-state index contributed by atoms with van der Waals surface area (Å²) in [4.78, 5) is 6.93. The van der Waals surface area contributed by atoms with Crippen molar-refractivity contribution >= 4 is 0 Å². The third-order valence-corrected chi connectivity index (χ3v) is 4.05. The van der Waals surface area contributed by atoms with Crippen molar-refractivity contribution < 1.29 is 0 Å². The summed E-state index contributed by atoms with van der Waals surface area (Å²) in [6, 6.07) is 0.581. The molecular formula is C15H28N4. The smallest absolute Gasteiger partial charge is 0.0948 e. The van der Waals surface area contributed by atoms with Crippen LogP contribution in [0.4, 0.5) is 0 Å². The van der Waals surface area contributed by atoms with E-state index in [0.717, 1.165) is 25.9 Å². The van der Waals surface area contributed by atoms with Crippen LogP contribution in [0.3, 0.4) is 0 Å². The number of aromatic nitrogens is 2. The third-order valence-electron chi connectivity index (χ3n) is 4.05. The van der Waals surface area contributed by atoms with Gasteiger partial charge in [0, 0.05) is 18.8 Å². The number of hydrogen-bond acceptors (Lipinski definition) is 3. The van der Waals surface area contributed by atoms with Crippen molar-refractivity contribution in [3.05, 3.63) is 18.2 Å². The zero-order valence-electron chi connectivity index (χ0n) is 12.4. The molecule has 1 fully saturated rings. The van der Waals surface area contributed by atoms with E-state index in [4.69, 9.17) is 5.73 Å². The average molecular weight is 264 g/mol. The average Bonchev–Trinajstić information content (AvgIpc) is 2.76. The predicted molar refractivity (Wildman–Crippen MR) is 78.9 cm³/mol. The molecule has 0 aromatic carbocycles. The Morgan fingerprint density at radius 2 is 2.05 bits per heavy atom. The van der Waals surface area contributed by atoms with Crippen molar-refractivity contribution in [1.82, 2.24) is 14.5 Å². The van der Waals surface area contributed by atoms with E-state index in [0.29, 0.717) is 6.04 Å². The van der Waals surface area contributed by atoms with Gasteiger partial charge in [0.25, 0.3) is 0 Å². The topological polar surface area (TPSA) is 47.1 Å². The number of nitrogens with two attached hydrogens (primary N) is 1. The van der Waals surface area contributed by atoms with E-state index >= 15 is 0 Å². The molecule has 2 atom stereocenters. The molecule has 1 aromatic rings. The SMILES string of the molecule is CCCN1CCCCC(N)C1c1cncn1CCC. The van der Waals surface area contributed by atoms with Gasteiger partial charge in [-0.05, 0) is 38.8 Å². The molecular weight excluding hydrogens is 236 g/mol. The Morgan fingerprint density at radius 3 is 2.79 bits per heavy atom. The number of rotatable bonds is 5. The summed E-state index contributed by atoms with van der Waals surface area (Å²) < 4.78 is 2.29. The van der Waals surface area contributed by atoms with Crippen LogP contribution in [-0.2, 0) is 6.54 Å². The summed E-state index contributed by atoms with van der Waals surface area (Å²) in [6.07, 6.45) is 9.95. The molecule has 1 aliphatic heterocycles. The van der Waals surface area contributed by atoms with Crippen LogP contribution in [0.2, 0.25) is 0 Å². The summed E-state index contributed by atoms with van der Waals surface area (Å²) in [5.74, 6) is 0. The fourth-order valence-corrected chi connectivity index (χ4v) is 3.21. The second-order valence-electron chi connectivity index (χ2n) is 5.65. The highest BCUT2D eigenvalue weighted by Crippen LogP contribution is 2.29. The molecule has 0 spiro atoms. The molecule has 0 amide bonds. The standard InChI is InChI=1S/C15H28N4/c1-3-8-18-10-6-5-7-13(16)15(18)14-11-17-12-19(14)9-4-2/h11-13,15H,3-10,16H2,1-2H3. The number of likely N-dealkylation sites (tertiary alicyclic amines) is 1. The first kappa shape index (κ1) is 14.5. The highest BCUT2D eigenvalue weighted by Gasteiger charge is 2.30. The zero-order valence-corrected chi connectivity index (χ0v) is 12.4. The lowest BCUT2D eigenvalue weighted by molar-refractivity contribution is 0.178. The van der Waals surface area contributed by atoms with Crippen LogP contribution in [0.5, 0.6) is 0 Å². The minimum absolute atomic E-state index is 0.237. The van der Waals surface area contributed by atoms with Crippen LogP contribution in [0.25, 0.3) is 0 Å². The zero-order chi connectivity index (χ0) is 13.7. The maximum Gasteiger partial charge on any atom is 0.0948 e. The normalized spacial score (nSPS) is 25.4. The van der Waals surface area contributed by atoms with Gasteiger partial charge in [-0.1, -0.05) is 20.3 Å². The van der Waals surface area contributed by atoms with E-state index in [1.54, 1.807) is 0 Å². The van der Waals surface area contributed by atoms with Crippen molar-refractivity contribution in [2.45, 2.75) is 64.6 Å². The van der Waals surface area contributed by atoms with Crippen LogP contribution in [0, 0.1) is 0 Å². The minimum atomic E-state index is 0.237. The Balaban J connectivity index is 2.26. The molecule has 0 radical (unpaired) electrons. The van der Waals surface area contributed by atoms with E-state index < -0.39 is 0 Å². The quantitative estimate of drug-likeness (QED) is 0.889. The van der Waals surface area contributed by atoms with Gasteiger partial charge in [0.1, 0.15) is 0 Å². The number of imidazole rings is 1. The molecule has 0 aliphatic carbocycles. The number of nitrogens with zero attached hydrogens (tertiary/aromatic N) is 3. The summed E-state index contributed by atoms with van der Waals surface area (Å²) >= 11 is 0. The van der Waals surface area contributed by atoms with E-state index in [9.17, 15) is 0 Å². The van der Waals surface area contributed by atoms with Gasteiger partial charge in [0.15, 0.2) is 0 Å². The fourth-order valence-electron chi connectivity index (χ4n) is 3.21. The largest absolute Gasteiger partial charge is 0.333 e. The van der Waals surface area contributed by atoms with E-state index in [2.05, 4.69) is 28.3 Å². The Labute approximate surface area is 117 Å². The second kappa shape index (κ2) is 7.06. The van der Waals surface area contributed by atoms with Gasteiger partial charge in [-0.2, -0.15) is 0 Å². The molecule has 2 heterocycles. The molecule has 1 aliphatic rings. The van der Waals surface area contributed by atoms with Gasteiger partial charge >= 0.3 is 0 Å². The monoisotopic (exact) mass is 264 g/mol. The van der Waals surface area contributed by atoms with Gasteiger partial charge in [0.05, 0.1) is 18.1 Å². The molecule has 2 rings (SSSR count). The summed E-state index contributed by atoms with van der Waals surface area (Å²) in [5, 5.41) is 0. The lowest BCUT2D eigenvalue weighted by Gasteiger charge is -2.33. The van der Waals surface area contributed by atoms with Crippen LogP contribution in [0.1, 0.15) is 57.7 Å². The van der Waals surface area contributed by atoms with Crippen LogP contribution >= 0.6 is 0 Å². The molecule has 2 N–H and O–H groups in total. The summed E-state index contributed by atoms with van der Waals surface area (Å²) in [6.45, 7) is 7.80. The van der Waals surface area contributed by atoms with Gasteiger partial charge in [-0.15, -0.1) is 0 Å². The Kier molecular flexibility index (Phi) is 5.40. The van der Waals surface area contributed by atoms with E-state index in [1.165, 1.54) is 31.5 Å². The predicted octanol–water partition coefficient (Wildman–Crippen LogP) is 2.56. The van der Waals surface area contributed by atoms with Gasteiger partial charge < -0.3 is 10.3 Å². The highest BCUT2D eigenvalue weighted by molar-refractivity contribution is 5.10. The summed E-state index contributed by atoms with van der Waals surface area (Å²) in [5.41, 5.74) is 7.78. The minimum Gasteiger partial charge on any atom is -0.333 e. The highest BCUT2D eigenvalue weighted by atomic mass is 15.2. The van der Waals surface area contributed by atoms with Gasteiger partial charge in [0.2, 0.25) is 0 Å². The number of aryl methyl sites for hydroxylation is 1. The molecule has 0 bridgehead atoms. The van der Waals surface area contributed by atoms with Crippen molar-refractivity contribution in [2.24, 2.45) is 5.73 Å². The Bertz CT molecular complexity index is 374. The van der Waals surface area contributed by atoms with Crippen LogP contribution < -0.4 is 5.73 Å². The number of hydrogen-bond donors (Lipinski definition) is 1. The maximum atomic E-state index is 6.47. The maximum absolute atomic E-state index is 6.47. The molecule has 0 saturated carbocycles. The van der Waals surface area contributed by atoms with E-state index in [1.807, 2.05) is 12.5 Å². The summed E-state index contributed by atoms with van der Waals surface area (Å²) in [7, 11) is 0. The molecule has 108 valence electrons. The molecule has 2 unspecified atom stereocenters. The van der Waals surface area contributed by atoms with Crippen molar-refractivity contribution in [3.63, 3.8) is 0 Å². The lowest BCUT2D eigenvalue weighted by Crippen LogP contribution is -2.41. The molecule has 4 nitrogen and oxygen atoms in total. The van der Waals surface area contributed by atoms with Crippen molar-refractivity contribution in [2.75, 3.05) is 13.1 Å². The van der Waals surface area contributed by atoms with Crippen LogP contribution in [0.15, 0.2) is 12.5 Å². The Morgan fingerprint density at radius 1 is 1.26 bits per heavy atom. The lowest BCUT2D eigenvalue weighted by atomic mass is 10.0. The van der Waals surface area contributed by atoms with Crippen molar-refractivity contribution in [1.29, 1.82) is 0 Å². The molecule has 1 saturated heterocycles. The molecule has 4 heteroatoms. The third kappa shape index (κ3) is 3.37. The van der Waals surface area contributed by atoms with E-state index in [-0.39, 0.29) is 6.04 Å². The van der Waals surface area contributed by atoms with Crippen molar-refractivity contribution in [3.8, 4) is 0 Å². The second-order valence-corrected chi connectivity index (χ2v) is 5.65. The Hall–Kier alpha value is -0.870.